The van der Waals surface area contributed by atoms with E-state index in [9.17, 15) is 4.21 Å². The highest BCUT2D eigenvalue weighted by atomic mass is 35.5. The molecule has 0 amide bonds. The van der Waals surface area contributed by atoms with Crippen molar-refractivity contribution < 1.29 is 4.21 Å². The number of hydrogen-bond acceptors (Lipinski definition) is 2. The van der Waals surface area contributed by atoms with Gasteiger partial charge in [-0.15, -0.1) is 0 Å². The van der Waals surface area contributed by atoms with Gasteiger partial charge in [0.15, 0.2) is 5.96 Å². The van der Waals surface area contributed by atoms with Crippen molar-refractivity contribution >= 4 is 28.4 Å². The van der Waals surface area contributed by atoms with E-state index in [0.717, 1.165) is 41.6 Å². The average Bonchev–Trinajstić information content (AvgIpc) is 2.64. The topological polar surface area (TPSA) is 53.5 Å². The van der Waals surface area contributed by atoms with Gasteiger partial charge in [0.25, 0.3) is 0 Å². The fourth-order valence-electron chi connectivity index (χ4n) is 2.45. The molecule has 2 aromatic rings. The standard InChI is InChI=1S/C20H26ClN3OS/c1-2-22-20(23-13-12-18-10-6-7-11-19(18)21)24-14-15-26(25)16-17-8-4-3-5-9-17/h3-11H,2,12-16H2,1H3,(H2,22,23,24). The summed E-state index contributed by atoms with van der Waals surface area (Å²) in [6.07, 6.45) is 0.823. The van der Waals surface area contributed by atoms with Crippen LogP contribution in [0.3, 0.4) is 0 Å². The molecule has 4 nitrogen and oxygen atoms in total. The minimum absolute atomic E-state index is 0.529. The Labute approximate surface area is 163 Å². The summed E-state index contributed by atoms with van der Waals surface area (Å²) in [7, 11) is -0.910. The molecule has 0 bridgehead atoms. The van der Waals surface area contributed by atoms with Gasteiger partial charge in [-0.2, -0.15) is 0 Å². The van der Waals surface area contributed by atoms with E-state index < -0.39 is 10.8 Å². The first kappa shape index (κ1) is 20.5. The SMILES string of the molecule is CCNC(=NCCS(=O)Cc1ccccc1)NCCc1ccccc1Cl. The second-order valence-electron chi connectivity index (χ2n) is 5.80. The second kappa shape index (κ2) is 11.7. The maximum absolute atomic E-state index is 12.2. The lowest BCUT2D eigenvalue weighted by Gasteiger charge is -2.12. The van der Waals surface area contributed by atoms with Crippen LogP contribution in [0.2, 0.25) is 5.02 Å². The molecule has 2 N–H and O–H groups in total. The van der Waals surface area contributed by atoms with Crippen LogP contribution >= 0.6 is 11.6 Å². The number of benzene rings is 2. The predicted molar refractivity (Wildman–Crippen MR) is 112 cm³/mol. The van der Waals surface area contributed by atoms with Crippen molar-refractivity contribution in [1.82, 2.24) is 10.6 Å². The molecule has 1 atom stereocenters. The molecular formula is C20H26ClN3OS. The van der Waals surface area contributed by atoms with E-state index in [0.29, 0.717) is 18.1 Å². The molecule has 0 aliphatic heterocycles. The summed E-state index contributed by atoms with van der Waals surface area (Å²) >= 11 is 6.18. The fourth-order valence-corrected chi connectivity index (χ4v) is 3.68. The van der Waals surface area contributed by atoms with Crippen LogP contribution < -0.4 is 10.6 Å². The highest BCUT2D eigenvalue weighted by Crippen LogP contribution is 2.14. The average molecular weight is 392 g/mol. The van der Waals surface area contributed by atoms with Gasteiger partial charge in [-0.3, -0.25) is 9.20 Å². The van der Waals surface area contributed by atoms with Crippen molar-refractivity contribution in [2.24, 2.45) is 4.99 Å². The van der Waals surface area contributed by atoms with Crippen LogP contribution in [-0.2, 0) is 23.0 Å². The third-order valence-corrected chi connectivity index (χ3v) is 5.41. The molecule has 0 fully saturated rings. The first-order valence-electron chi connectivity index (χ1n) is 8.83. The summed E-state index contributed by atoms with van der Waals surface area (Å²) in [5.74, 6) is 1.87. The zero-order valence-electron chi connectivity index (χ0n) is 15.1. The summed E-state index contributed by atoms with van der Waals surface area (Å²) in [5.41, 5.74) is 2.21. The van der Waals surface area contributed by atoms with Gasteiger partial charge in [0, 0.05) is 40.4 Å². The van der Waals surface area contributed by atoms with E-state index in [2.05, 4.69) is 15.6 Å². The molecular weight excluding hydrogens is 366 g/mol. The highest BCUT2D eigenvalue weighted by Gasteiger charge is 2.03. The van der Waals surface area contributed by atoms with Crippen molar-refractivity contribution in [1.29, 1.82) is 0 Å². The number of aliphatic imine (C=N–C) groups is 1. The van der Waals surface area contributed by atoms with Gasteiger partial charge in [0.2, 0.25) is 0 Å². The normalized spacial score (nSPS) is 12.6. The molecule has 0 spiro atoms. The molecule has 6 heteroatoms. The van der Waals surface area contributed by atoms with Crippen molar-refractivity contribution in [3.05, 3.63) is 70.7 Å². The van der Waals surface area contributed by atoms with Gasteiger partial charge in [-0.05, 0) is 30.5 Å². The molecule has 1 unspecified atom stereocenters. The lowest BCUT2D eigenvalue weighted by molar-refractivity contribution is 0.682. The Bertz CT molecular complexity index is 722. The smallest absolute Gasteiger partial charge is 0.191 e. The summed E-state index contributed by atoms with van der Waals surface area (Å²) in [5, 5.41) is 7.30. The lowest BCUT2D eigenvalue weighted by Crippen LogP contribution is -2.38. The van der Waals surface area contributed by atoms with Crippen LogP contribution in [0.5, 0.6) is 0 Å². The first-order chi connectivity index (χ1) is 12.7. The van der Waals surface area contributed by atoms with Crippen LogP contribution in [0.15, 0.2) is 59.6 Å². The molecule has 140 valence electrons. The van der Waals surface area contributed by atoms with Crippen molar-refractivity contribution in [3.8, 4) is 0 Å². The van der Waals surface area contributed by atoms with E-state index in [1.54, 1.807) is 0 Å². The van der Waals surface area contributed by atoms with Crippen molar-refractivity contribution in [2.75, 3.05) is 25.4 Å². The quantitative estimate of drug-likeness (QED) is 0.509. The number of hydrogen-bond donors (Lipinski definition) is 2. The summed E-state index contributed by atoms with van der Waals surface area (Å²) in [6, 6.07) is 17.8. The number of halogens is 1. The van der Waals surface area contributed by atoms with Crippen LogP contribution in [0.25, 0.3) is 0 Å². The van der Waals surface area contributed by atoms with Crippen LogP contribution in [0.4, 0.5) is 0 Å². The maximum atomic E-state index is 12.2. The van der Waals surface area contributed by atoms with Crippen LogP contribution in [-0.4, -0.2) is 35.6 Å². The third kappa shape index (κ3) is 7.58. The molecule has 0 radical (unpaired) electrons. The van der Waals surface area contributed by atoms with E-state index in [1.165, 1.54) is 0 Å². The number of guanidine groups is 1. The van der Waals surface area contributed by atoms with Crippen molar-refractivity contribution in [3.63, 3.8) is 0 Å². The number of nitrogens with zero attached hydrogens (tertiary/aromatic N) is 1. The Balaban J connectivity index is 1.76. The minimum Gasteiger partial charge on any atom is -0.357 e. The number of nitrogens with one attached hydrogen (secondary N) is 2. The van der Waals surface area contributed by atoms with E-state index in [1.807, 2.05) is 61.5 Å². The number of rotatable bonds is 9. The van der Waals surface area contributed by atoms with E-state index >= 15 is 0 Å². The second-order valence-corrected chi connectivity index (χ2v) is 7.79. The molecule has 2 aromatic carbocycles. The monoisotopic (exact) mass is 391 g/mol. The van der Waals surface area contributed by atoms with Gasteiger partial charge >= 0.3 is 0 Å². The molecule has 0 aliphatic carbocycles. The van der Waals surface area contributed by atoms with E-state index in [4.69, 9.17) is 11.6 Å². The summed E-state index contributed by atoms with van der Waals surface area (Å²) in [4.78, 5) is 4.52. The van der Waals surface area contributed by atoms with Crippen LogP contribution in [0, 0.1) is 0 Å². The summed E-state index contributed by atoms with van der Waals surface area (Å²) in [6.45, 7) is 4.08. The largest absolute Gasteiger partial charge is 0.357 e. The minimum atomic E-state index is -0.910. The van der Waals surface area contributed by atoms with E-state index in [-0.39, 0.29) is 0 Å². The zero-order valence-corrected chi connectivity index (χ0v) is 16.7. The van der Waals surface area contributed by atoms with Gasteiger partial charge in [0.1, 0.15) is 0 Å². The lowest BCUT2D eigenvalue weighted by atomic mass is 10.1. The fraction of sp³-hybridized carbons (Fsp3) is 0.350. The predicted octanol–water partition coefficient (Wildman–Crippen LogP) is 3.39. The Kier molecular flexibility index (Phi) is 9.21. The Morgan fingerprint density at radius 1 is 1.08 bits per heavy atom. The molecule has 0 aliphatic rings. The zero-order chi connectivity index (χ0) is 18.6. The molecule has 0 saturated carbocycles. The van der Waals surface area contributed by atoms with Gasteiger partial charge < -0.3 is 10.6 Å². The Morgan fingerprint density at radius 3 is 2.54 bits per heavy atom. The highest BCUT2D eigenvalue weighted by molar-refractivity contribution is 7.84. The molecule has 2 rings (SSSR count). The van der Waals surface area contributed by atoms with Gasteiger partial charge in [-0.25, -0.2) is 0 Å². The molecule has 26 heavy (non-hydrogen) atoms. The molecule has 0 aromatic heterocycles. The molecule has 0 saturated heterocycles. The Morgan fingerprint density at radius 2 is 1.81 bits per heavy atom. The van der Waals surface area contributed by atoms with Crippen molar-refractivity contribution in [2.45, 2.75) is 19.1 Å². The Hall–Kier alpha value is -1.85. The maximum Gasteiger partial charge on any atom is 0.191 e. The third-order valence-electron chi connectivity index (χ3n) is 3.75. The molecule has 0 heterocycles. The summed E-state index contributed by atoms with van der Waals surface area (Å²) < 4.78 is 12.2. The first-order valence-corrected chi connectivity index (χ1v) is 10.7. The van der Waals surface area contributed by atoms with Crippen LogP contribution in [0.1, 0.15) is 18.1 Å². The van der Waals surface area contributed by atoms with Gasteiger partial charge in [0.05, 0.1) is 6.54 Å². The van der Waals surface area contributed by atoms with Gasteiger partial charge in [-0.1, -0.05) is 60.1 Å².